The summed E-state index contributed by atoms with van der Waals surface area (Å²) in [6.45, 7) is 6.43. The van der Waals surface area contributed by atoms with E-state index in [1.165, 1.54) is 12.8 Å². The molecule has 21 heavy (non-hydrogen) atoms. The number of aryl methyl sites for hydroxylation is 1. The molecule has 1 amide bonds. The van der Waals surface area contributed by atoms with E-state index >= 15 is 0 Å². The molecule has 0 unspecified atom stereocenters. The number of piperidine rings is 1. The molecule has 1 aromatic rings. The lowest BCUT2D eigenvalue weighted by molar-refractivity contribution is -0.133. The average molecular weight is 288 g/mol. The van der Waals surface area contributed by atoms with Crippen LogP contribution in [0.3, 0.4) is 0 Å². The van der Waals surface area contributed by atoms with Crippen molar-refractivity contribution >= 4 is 5.91 Å². The summed E-state index contributed by atoms with van der Waals surface area (Å²) in [6.07, 6.45) is 6.35. The number of carbonyl (C=O) groups is 1. The number of likely N-dealkylation sites (tertiary alicyclic amines) is 2. The highest BCUT2D eigenvalue weighted by Gasteiger charge is 2.26. The summed E-state index contributed by atoms with van der Waals surface area (Å²) in [6, 6.07) is 2.01. The molecule has 0 saturated carbocycles. The molecular weight excluding hydrogens is 264 g/mol. The molecule has 0 aliphatic carbocycles. The number of nitrogens with zero attached hydrogens (tertiary/aromatic N) is 4. The number of carbonyl (C=O) groups excluding carboxylic acids is 1. The molecule has 2 fully saturated rings. The Hall–Kier alpha value is -1.49. The maximum absolute atomic E-state index is 12.3. The van der Waals surface area contributed by atoms with Crippen LogP contribution in [0.15, 0.2) is 12.3 Å². The van der Waals surface area contributed by atoms with E-state index < -0.39 is 0 Å². The van der Waals surface area contributed by atoms with Gasteiger partial charge in [0, 0.05) is 30.9 Å². The molecule has 0 bridgehead atoms. The summed E-state index contributed by atoms with van der Waals surface area (Å²) >= 11 is 0. The molecule has 1 aromatic heterocycles. The third-order valence-electron chi connectivity index (χ3n) is 4.62. The van der Waals surface area contributed by atoms with E-state index in [-0.39, 0.29) is 0 Å². The first-order valence-corrected chi connectivity index (χ1v) is 8.02. The second-order valence-electron chi connectivity index (χ2n) is 6.17. The number of amides is 1. The van der Waals surface area contributed by atoms with Gasteiger partial charge in [0.1, 0.15) is 5.82 Å². The van der Waals surface area contributed by atoms with Crippen LogP contribution in [0, 0.1) is 6.92 Å². The minimum atomic E-state index is 0.300. The lowest BCUT2D eigenvalue weighted by Crippen LogP contribution is -2.43. The lowest BCUT2D eigenvalue weighted by atomic mass is 9.93. The van der Waals surface area contributed by atoms with Crippen molar-refractivity contribution in [2.45, 2.75) is 38.5 Å². The molecule has 0 N–H and O–H groups in total. The minimum absolute atomic E-state index is 0.300. The first kappa shape index (κ1) is 14.4. The molecule has 3 heterocycles. The topological polar surface area (TPSA) is 49.3 Å². The third kappa shape index (κ3) is 3.59. The van der Waals surface area contributed by atoms with E-state index in [0.29, 0.717) is 18.4 Å². The first-order chi connectivity index (χ1) is 10.2. The van der Waals surface area contributed by atoms with Gasteiger partial charge in [0.15, 0.2) is 0 Å². The number of aromatic nitrogens is 2. The van der Waals surface area contributed by atoms with Crippen LogP contribution in [0.4, 0.5) is 0 Å². The minimum Gasteiger partial charge on any atom is -0.342 e. The first-order valence-electron chi connectivity index (χ1n) is 8.02. The van der Waals surface area contributed by atoms with Gasteiger partial charge in [-0.15, -0.1) is 0 Å². The smallest absolute Gasteiger partial charge is 0.236 e. The summed E-state index contributed by atoms with van der Waals surface area (Å²) in [5.74, 6) is 1.61. The van der Waals surface area contributed by atoms with Crippen molar-refractivity contribution < 1.29 is 4.79 Å². The number of hydrogen-bond donors (Lipinski definition) is 0. The monoisotopic (exact) mass is 288 g/mol. The van der Waals surface area contributed by atoms with E-state index in [1.807, 2.05) is 24.1 Å². The fourth-order valence-electron chi connectivity index (χ4n) is 3.36. The van der Waals surface area contributed by atoms with Crippen molar-refractivity contribution in [3.8, 4) is 0 Å². The van der Waals surface area contributed by atoms with Crippen molar-refractivity contribution in [1.29, 1.82) is 0 Å². The Morgan fingerprint density at radius 1 is 1.24 bits per heavy atom. The molecule has 2 saturated heterocycles. The summed E-state index contributed by atoms with van der Waals surface area (Å²) in [5.41, 5.74) is 1.13. The Labute approximate surface area is 126 Å². The fraction of sp³-hybridized carbons (Fsp3) is 0.688. The molecule has 2 aliphatic rings. The highest BCUT2D eigenvalue weighted by Crippen LogP contribution is 2.26. The Bertz CT molecular complexity index is 491. The van der Waals surface area contributed by atoms with Gasteiger partial charge in [-0.2, -0.15) is 0 Å². The number of hydrogen-bond acceptors (Lipinski definition) is 4. The van der Waals surface area contributed by atoms with Gasteiger partial charge in [0.25, 0.3) is 0 Å². The molecular formula is C16H24N4O. The zero-order valence-corrected chi connectivity index (χ0v) is 12.8. The standard InChI is InChI=1S/C16H24N4O/c1-13-17-7-4-15(18-13)14-5-10-20(11-6-14)16(21)12-19-8-2-3-9-19/h4,7,14H,2-3,5-6,8-12H2,1H3. The second kappa shape index (κ2) is 6.52. The van der Waals surface area contributed by atoms with Crippen LogP contribution in [0.1, 0.15) is 43.1 Å². The maximum Gasteiger partial charge on any atom is 0.236 e. The second-order valence-corrected chi connectivity index (χ2v) is 6.17. The molecule has 3 rings (SSSR count). The molecule has 0 spiro atoms. The van der Waals surface area contributed by atoms with Gasteiger partial charge >= 0.3 is 0 Å². The van der Waals surface area contributed by atoms with Crippen molar-refractivity contribution in [2.75, 3.05) is 32.7 Å². The van der Waals surface area contributed by atoms with Crippen molar-refractivity contribution in [2.24, 2.45) is 0 Å². The fourth-order valence-corrected chi connectivity index (χ4v) is 3.36. The zero-order valence-electron chi connectivity index (χ0n) is 12.8. The van der Waals surface area contributed by atoms with E-state index in [1.54, 1.807) is 0 Å². The van der Waals surface area contributed by atoms with Crippen molar-refractivity contribution in [1.82, 2.24) is 19.8 Å². The summed E-state index contributed by atoms with van der Waals surface area (Å²) in [7, 11) is 0. The molecule has 0 atom stereocenters. The summed E-state index contributed by atoms with van der Waals surface area (Å²) < 4.78 is 0. The van der Waals surface area contributed by atoms with Crippen LogP contribution in [0.2, 0.25) is 0 Å². The van der Waals surface area contributed by atoms with E-state index in [0.717, 1.165) is 50.5 Å². The third-order valence-corrected chi connectivity index (χ3v) is 4.62. The zero-order chi connectivity index (χ0) is 14.7. The summed E-state index contributed by atoms with van der Waals surface area (Å²) in [5, 5.41) is 0. The van der Waals surface area contributed by atoms with Crippen LogP contribution >= 0.6 is 0 Å². The van der Waals surface area contributed by atoms with Crippen LogP contribution in [-0.2, 0) is 4.79 Å². The lowest BCUT2D eigenvalue weighted by Gasteiger charge is -2.32. The van der Waals surface area contributed by atoms with E-state index in [9.17, 15) is 4.79 Å². The Morgan fingerprint density at radius 2 is 1.95 bits per heavy atom. The SMILES string of the molecule is Cc1nccc(C2CCN(C(=O)CN3CCCC3)CC2)n1. The Kier molecular flexibility index (Phi) is 4.48. The van der Waals surface area contributed by atoms with Gasteiger partial charge in [0.2, 0.25) is 5.91 Å². The molecule has 0 radical (unpaired) electrons. The Morgan fingerprint density at radius 3 is 2.62 bits per heavy atom. The van der Waals surface area contributed by atoms with Crippen molar-refractivity contribution in [3.05, 3.63) is 23.8 Å². The van der Waals surface area contributed by atoms with Crippen LogP contribution in [0.5, 0.6) is 0 Å². The Balaban J connectivity index is 1.51. The van der Waals surface area contributed by atoms with Crippen LogP contribution in [-0.4, -0.2) is 58.4 Å². The molecule has 114 valence electrons. The maximum atomic E-state index is 12.3. The van der Waals surface area contributed by atoms with Crippen molar-refractivity contribution in [3.63, 3.8) is 0 Å². The summed E-state index contributed by atoms with van der Waals surface area (Å²) in [4.78, 5) is 25.3. The predicted molar refractivity (Wildman–Crippen MR) is 81.0 cm³/mol. The van der Waals surface area contributed by atoms with Crippen LogP contribution < -0.4 is 0 Å². The average Bonchev–Trinajstić information content (AvgIpc) is 3.00. The van der Waals surface area contributed by atoms with Gasteiger partial charge in [-0.1, -0.05) is 0 Å². The molecule has 5 heteroatoms. The number of rotatable bonds is 3. The van der Waals surface area contributed by atoms with Gasteiger partial charge in [-0.25, -0.2) is 9.97 Å². The van der Waals surface area contributed by atoms with E-state index in [2.05, 4.69) is 14.9 Å². The molecule has 0 aromatic carbocycles. The van der Waals surface area contributed by atoms with Crippen LogP contribution in [0.25, 0.3) is 0 Å². The highest BCUT2D eigenvalue weighted by molar-refractivity contribution is 5.78. The molecule has 5 nitrogen and oxygen atoms in total. The largest absolute Gasteiger partial charge is 0.342 e. The predicted octanol–water partition coefficient (Wildman–Crippen LogP) is 1.59. The normalized spacial score (nSPS) is 20.9. The quantitative estimate of drug-likeness (QED) is 0.847. The van der Waals surface area contributed by atoms with Gasteiger partial charge in [0.05, 0.1) is 6.54 Å². The highest BCUT2D eigenvalue weighted by atomic mass is 16.2. The van der Waals surface area contributed by atoms with Gasteiger partial charge in [-0.05, 0) is 51.8 Å². The van der Waals surface area contributed by atoms with Gasteiger partial charge in [-0.3, -0.25) is 9.69 Å². The van der Waals surface area contributed by atoms with Gasteiger partial charge < -0.3 is 4.90 Å². The molecule has 2 aliphatic heterocycles. The van der Waals surface area contributed by atoms with E-state index in [4.69, 9.17) is 0 Å².